The first-order chi connectivity index (χ1) is 7.33. The number of thiophene rings is 1. The minimum atomic E-state index is 0.334. The highest BCUT2D eigenvalue weighted by Gasteiger charge is 2.05. The number of alkyl halides is 1. The van der Waals surface area contributed by atoms with Crippen molar-refractivity contribution in [2.24, 2.45) is 0 Å². The van der Waals surface area contributed by atoms with Crippen molar-refractivity contribution < 1.29 is 0 Å². The molecule has 0 aliphatic carbocycles. The van der Waals surface area contributed by atoms with Crippen LogP contribution in [0.25, 0.3) is 0 Å². The van der Waals surface area contributed by atoms with Gasteiger partial charge in [-0.15, -0.1) is 11.6 Å². The van der Waals surface area contributed by atoms with Gasteiger partial charge in [0.25, 0.3) is 0 Å². The molecule has 0 amide bonds. The molecule has 0 aliphatic rings. The number of unbranched alkanes of at least 4 members (excludes halogenated alkanes) is 4. The van der Waals surface area contributed by atoms with Crippen LogP contribution in [0.3, 0.4) is 0 Å². The Morgan fingerprint density at radius 2 is 2.07 bits per heavy atom. The van der Waals surface area contributed by atoms with Crippen molar-refractivity contribution in [2.45, 2.75) is 57.2 Å². The van der Waals surface area contributed by atoms with Crippen LogP contribution in [0, 0.1) is 0 Å². The van der Waals surface area contributed by atoms with Crippen molar-refractivity contribution in [1.82, 2.24) is 0 Å². The Hall–Kier alpha value is -0.0100. The van der Waals surface area contributed by atoms with Crippen LogP contribution >= 0.6 is 22.9 Å². The zero-order valence-corrected chi connectivity index (χ0v) is 11.1. The van der Waals surface area contributed by atoms with E-state index in [4.69, 9.17) is 11.6 Å². The van der Waals surface area contributed by atoms with Gasteiger partial charge in [-0.3, -0.25) is 0 Å². The lowest BCUT2D eigenvalue weighted by Gasteiger charge is -2.07. The maximum Gasteiger partial charge on any atom is 0.0376 e. The first-order valence-corrected chi connectivity index (χ1v) is 7.36. The number of halogens is 1. The molecule has 0 saturated carbocycles. The van der Waals surface area contributed by atoms with Crippen molar-refractivity contribution in [3.63, 3.8) is 0 Å². The molecule has 0 spiro atoms. The molecule has 2 heteroatoms. The molecule has 0 bridgehead atoms. The van der Waals surface area contributed by atoms with Crippen molar-refractivity contribution in [3.8, 4) is 0 Å². The summed E-state index contributed by atoms with van der Waals surface area (Å²) in [5, 5.41) is 4.66. The Balaban J connectivity index is 2.01. The van der Waals surface area contributed by atoms with Gasteiger partial charge in [-0.2, -0.15) is 11.3 Å². The summed E-state index contributed by atoms with van der Waals surface area (Å²) in [5.74, 6) is 0. The van der Waals surface area contributed by atoms with E-state index in [1.807, 2.05) is 0 Å². The summed E-state index contributed by atoms with van der Waals surface area (Å²) >= 11 is 8.05. The highest BCUT2D eigenvalue weighted by molar-refractivity contribution is 7.07. The van der Waals surface area contributed by atoms with E-state index in [-0.39, 0.29) is 0 Å². The van der Waals surface area contributed by atoms with Gasteiger partial charge in [-0.25, -0.2) is 0 Å². The second-order valence-electron chi connectivity index (χ2n) is 4.14. The maximum atomic E-state index is 6.29. The molecule has 1 unspecified atom stereocenters. The molecule has 1 atom stereocenters. The molecule has 1 aromatic rings. The van der Waals surface area contributed by atoms with E-state index >= 15 is 0 Å². The molecule has 1 rings (SSSR count). The van der Waals surface area contributed by atoms with Gasteiger partial charge < -0.3 is 0 Å². The fourth-order valence-corrected chi connectivity index (χ4v) is 2.75. The molecule has 1 aromatic heterocycles. The fourth-order valence-electron chi connectivity index (χ4n) is 1.74. The van der Waals surface area contributed by atoms with E-state index < -0.39 is 0 Å². The molecule has 0 saturated heterocycles. The minimum Gasteiger partial charge on any atom is -0.152 e. The predicted octanol–water partition coefficient (Wildman–Crippen LogP) is 5.26. The molecule has 1 heterocycles. The van der Waals surface area contributed by atoms with Crippen molar-refractivity contribution >= 4 is 22.9 Å². The topological polar surface area (TPSA) is 0 Å². The van der Waals surface area contributed by atoms with Crippen LogP contribution in [0.1, 0.15) is 51.0 Å². The lowest BCUT2D eigenvalue weighted by atomic mass is 10.1. The van der Waals surface area contributed by atoms with E-state index in [0.717, 1.165) is 6.42 Å². The third kappa shape index (κ3) is 6.21. The van der Waals surface area contributed by atoms with E-state index in [1.54, 1.807) is 11.3 Å². The third-order valence-corrected chi connectivity index (χ3v) is 3.76. The van der Waals surface area contributed by atoms with Crippen LogP contribution in [0.4, 0.5) is 0 Å². The number of hydrogen-bond donors (Lipinski definition) is 0. The standard InChI is InChI=1S/C13H21ClS/c1-2-3-4-5-6-7-13(14)10-12-8-9-15-11-12/h8-9,11,13H,2-7,10H2,1H3. The predicted molar refractivity (Wildman–Crippen MR) is 71.0 cm³/mol. The molecule has 0 N–H and O–H groups in total. The SMILES string of the molecule is CCCCCCCC(Cl)Cc1ccsc1. The van der Waals surface area contributed by atoms with Crippen LogP contribution in [-0.2, 0) is 6.42 Å². The zero-order chi connectivity index (χ0) is 10.9. The normalized spacial score (nSPS) is 12.9. The van der Waals surface area contributed by atoms with Crippen molar-refractivity contribution in [2.75, 3.05) is 0 Å². The molecule has 0 radical (unpaired) electrons. The summed E-state index contributed by atoms with van der Waals surface area (Å²) in [6.45, 7) is 2.25. The summed E-state index contributed by atoms with van der Waals surface area (Å²) in [7, 11) is 0. The Bertz CT molecular complexity index is 231. The van der Waals surface area contributed by atoms with Crippen LogP contribution < -0.4 is 0 Å². The number of hydrogen-bond acceptors (Lipinski definition) is 1. The zero-order valence-electron chi connectivity index (χ0n) is 9.55. The molecule has 0 fully saturated rings. The lowest BCUT2D eigenvalue weighted by molar-refractivity contribution is 0.593. The summed E-state index contributed by atoms with van der Waals surface area (Å²) in [6, 6.07) is 2.18. The van der Waals surface area contributed by atoms with Gasteiger partial charge in [0.2, 0.25) is 0 Å². The van der Waals surface area contributed by atoms with E-state index in [1.165, 1.54) is 44.1 Å². The Labute approximate surface area is 103 Å². The summed E-state index contributed by atoms with van der Waals surface area (Å²) < 4.78 is 0. The monoisotopic (exact) mass is 244 g/mol. The van der Waals surface area contributed by atoms with Gasteiger partial charge >= 0.3 is 0 Å². The minimum absolute atomic E-state index is 0.334. The molecular formula is C13H21ClS. The Kier molecular flexibility index (Phi) is 7.12. The Morgan fingerprint density at radius 3 is 2.73 bits per heavy atom. The quantitative estimate of drug-likeness (QED) is 0.432. The van der Waals surface area contributed by atoms with E-state index in [0.29, 0.717) is 5.38 Å². The lowest BCUT2D eigenvalue weighted by Crippen LogP contribution is -2.02. The van der Waals surface area contributed by atoms with Gasteiger partial charge in [-0.05, 0) is 35.2 Å². The largest absolute Gasteiger partial charge is 0.152 e. The average Bonchev–Trinajstić information content (AvgIpc) is 2.70. The van der Waals surface area contributed by atoms with Crippen LogP contribution in [0.5, 0.6) is 0 Å². The van der Waals surface area contributed by atoms with Gasteiger partial charge in [0, 0.05) is 5.38 Å². The summed E-state index contributed by atoms with van der Waals surface area (Å²) in [5.41, 5.74) is 1.40. The summed E-state index contributed by atoms with van der Waals surface area (Å²) in [6.07, 6.45) is 8.91. The second kappa shape index (κ2) is 8.18. The van der Waals surface area contributed by atoms with Crippen LogP contribution in [0.15, 0.2) is 16.8 Å². The fraction of sp³-hybridized carbons (Fsp3) is 0.692. The highest BCUT2D eigenvalue weighted by atomic mass is 35.5. The maximum absolute atomic E-state index is 6.29. The molecule has 86 valence electrons. The molecule has 0 aliphatic heterocycles. The van der Waals surface area contributed by atoms with Gasteiger partial charge in [-0.1, -0.05) is 39.0 Å². The van der Waals surface area contributed by atoms with E-state index in [2.05, 4.69) is 23.8 Å². The summed E-state index contributed by atoms with van der Waals surface area (Å²) in [4.78, 5) is 0. The molecular weight excluding hydrogens is 224 g/mol. The molecule has 0 nitrogen and oxygen atoms in total. The van der Waals surface area contributed by atoms with Crippen LogP contribution in [0.2, 0.25) is 0 Å². The third-order valence-electron chi connectivity index (χ3n) is 2.66. The van der Waals surface area contributed by atoms with Crippen LogP contribution in [-0.4, -0.2) is 5.38 Å². The van der Waals surface area contributed by atoms with Gasteiger partial charge in [0.1, 0.15) is 0 Å². The highest BCUT2D eigenvalue weighted by Crippen LogP contribution is 2.17. The smallest absolute Gasteiger partial charge is 0.0376 e. The van der Waals surface area contributed by atoms with Gasteiger partial charge in [0.15, 0.2) is 0 Å². The second-order valence-corrected chi connectivity index (χ2v) is 5.53. The van der Waals surface area contributed by atoms with Gasteiger partial charge in [0.05, 0.1) is 0 Å². The Morgan fingerprint density at radius 1 is 1.27 bits per heavy atom. The first kappa shape index (κ1) is 13.1. The first-order valence-electron chi connectivity index (χ1n) is 5.98. The van der Waals surface area contributed by atoms with Crippen molar-refractivity contribution in [1.29, 1.82) is 0 Å². The van der Waals surface area contributed by atoms with Crippen molar-refractivity contribution in [3.05, 3.63) is 22.4 Å². The molecule has 15 heavy (non-hydrogen) atoms. The average molecular weight is 245 g/mol. The van der Waals surface area contributed by atoms with E-state index in [9.17, 15) is 0 Å². The molecule has 0 aromatic carbocycles. The number of rotatable bonds is 8.